The van der Waals surface area contributed by atoms with Crippen molar-refractivity contribution in [1.82, 2.24) is 9.97 Å². The molecule has 0 aliphatic rings. The number of fused-ring (bicyclic) bond motifs is 1. The maximum absolute atomic E-state index is 9.71. The van der Waals surface area contributed by atoms with Crippen LogP contribution in [-0.4, -0.2) is 28.4 Å². The molecular weight excluding hydrogens is 388 g/mol. The fraction of sp³-hybridized carbons (Fsp3) is 0.0455. The minimum atomic E-state index is 0.0740. The molecule has 0 amide bonds. The van der Waals surface area contributed by atoms with E-state index >= 15 is 0 Å². The number of ether oxygens (including phenoxy) is 1. The summed E-state index contributed by atoms with van der Waals surface area (Å²) < 4.78 is 5.12. The number of hydrazone groups is 1. The second kappa shape index (κ2) is 8.16. The molecule has 0 aliphatic heterocycles. The zero-order chi connectivity index (χ0) is 20.2. The Labute approximate surface area is 172 Å². The third-order valence-corrected chi connectivity index (χ3v) is 4.58. The number of aromatic nitrogens is 2. The Hall–Kier alpha value is -3.64. The maximum Gasteiger partial charge on any atom is 0.161 e. The molecule has 2 heterocycles. The molecule has 0 spiro atoms. The number of nitrogens with zero attached hydrogens (tertiary/aromatic N) is 3. The van der Waals surface area contributed by atoms with Gasteiger partial charge in [-0.25, -0.2) is 9.97 Å². The van der Waals surface area contributed by atoms with E-state index in [1.807, 2.05) is 42.5 Å². The number of rotatable bonds is 5. The lowest BCUT2D eigenvalue weighted by atomic mass is 10.1. The first-order valence-electron chi connectivity index (χ1n) is 8.82. The second-order valence-corrected chi connectivity index (χ2v) is 6.68. The molecular formula is C22H17ClN4O2. The molecule has 4 aromatic rings. The molecule has 0 saturated heterocycles. The van der Waals surface area contributed by atoms with E-state index in [1.165, 1.54) is 7.11 Å². The van der Waals surface area contributed by atoms with Gasteiger partial charge in [0.2, 0.25) is 0 Å². The van der Waals surface area contributed by atoms with E-state index in [2.05, 4.69) is 20.5 Å². The highest BCUT2D eigenvalue weighted by Crippen LogP contribution is 2.30. The van der Waals surface area contributed by atoms with Crippen molar-refractivity contribution in [2.45, 2.75) is 0 Å². The average Bonchev–Trinajstić information content (AvgIpc) is 2.75. The topological polar surface area (TPSA) is 79.6 Å². The van der Waals surface area contributed by atoms with Crippen molar-refractivity contribution in [3.63, 3.8) is 0 Å². The molecule has 144 valence electrons. The molecule has 0 atom stereocenters. The van der Waals surface area contributed by atoms with Crippen molar-refractivity contribution in [2.24, 2.45) is 5.10 Å². The summed E-state index contributed by atoms with van der Waals surface area (Å²) in [6.07, 6.45) is 3.32. The molecule has 0 radical (unpaired) electrons. The summed E-state index contributed by atoms with van der Waals surface area (Å²) in [5, 5.41) is 15.6. The van der Waals surface area contributed by atoms with Crippen molar-refractivity contribution in [1.29, 1.82) is 0 Å². The van der Waals surface area contributed by atoms with E-state index in [4.69, 9.17) is 16.3 Å². The van der Waals surface area contributed by atoms with Crippen LogP contribution >= 0.6 is 11.6 Å². The number of pyridine rings is 2. The number of hydrogen-bond acceptors (Lipinski definition) is 6. The van der Waals surface area contributed by atoms with E-state index in [9.17, 15) is 5.11 Å². The molecule has 0 aliphatic carbocycles. The molecule has 7 heteroatoms. The number of methoxy groups -OCH3 is 1. The molecule has 29 heavy (non-hydrogen) atoms. The third kappa shape index (κ3) is 4.12. The highest BCUT2D eigenvalue weighted by molar-refractivity contribution is 6.30. The molecule has 2 N–H and O–H groups in total. The number of aromatic hydroxyl groups is 1. The van der Waals surface area contributed by atoms with Gasteiger partial charge < -0.3 is 9.84 Å². The first-order valence-corrected chi connectivity index (χ1v) is 9.19. The molecule has 6 nitrogen and oxygen atoms in total. The molecule has 2 aromatic heterocycles. The molecule has 0 bridgehead atoms. The van der Waals surface area contributed by atoms with Crippen LogP contribution in [0.15, 0.2) is 72.0 Å². The Bertz CT molecular complexity index is 1190. The van der Waals surface area contributed by atoms with E-state index in [-0.39, 0.29) is 5.75 Å². The number of benzene rings is 2. The zero-order valence-electron chi connectivity index (χ0n) is 15.5. The van der Waals surface area contributed by atoms with Gasteiger partial charge in [0.1, 0.15) is 0 Å². The van der Waals surface area contributed by atoms with E-state index in [0.717, 1.165) is 22.1 Å². The number of phenols is 1. The number of phenolic OH excluding ortho intramolecular Hbond substituents is 1. The summed E-state index contributed by atoms with van der Waals surface area (Å²) in [6, 6.07) is 18.4. The maximum atomic E-state index is 9.71. The summed E-state index contributed by atoms with van der Waals surface area (Å²) in [5.41, 5.74) is 6.22. The zero-order valence-corrected chi connectivity index (χ0v) is 16.3. The Morgan fingerprint density at radius 1 is 1.10 bits per heavy atom. The van der Waals surface area contributed by atoms with Gasteiger partial charge in [-0.2, -0.15) is 5.10 Å². The predicted molar refractivity (Wildman–Crippen MR) is 116 cm³/mol. The van der Waals surface area contributed by atoms with Gasteiger partial charge in [0.05, 0.1) is 13.3 Å². The summed E-state index contributed by atoms with van der Waals surface area (Å²) >= 11 is 6.03. The molecule has 0 saturated carbocycles. The lowest BCUT2D eigenvalue weighted by Crippen LogP contribution is -1.98. The van der Waals surface area contributed by atoms with Crippen LogP contribution in [0.1, 0.15) is 5.56 Å². The van der Waals surface area contributed by atoms with Gasteiger partial charge in [0, 0.05) is 22.2 Å². The normalized spacial score (nSPS) is 11.1. The smallest absolute Gasteiger partial charge is 0.161 e. The number of anilines is 1. The number of hydrogen-bond donors (Lipinski definition) is 2. The van der Waals surface area contributed by atoms with Crippen molar-refractivity contribution >= 4 is 34.7 Å². The lowest BCUT2D eigenvalue weighted by molar-refractivity contribution is 0.373. The summed E-state index contributed by atoms with van der Waals surface area (Å²) in [7, 11) is 1.50. The number of halogens is 1. The molecule has 0 unspecified atom stereocenters. The number of nitrogens with one attached hydrogen (secondary N) is 1. The SMILES string of the molecule is COc1cc(/C=N/Nc2nc3ncccc3cc2-c2ccc(Cl)cc2)ccc1O. The Kier molecular flexibility index (Phi) is 5.27. The molecule has 2 aromatic carbocycles. The van der Waals surface area contributed by atoms with Crippen LogP contribution in [0.2, 0.25) is 5.02 Å². The van der Waals surface area contributed by atoms with Crippen LogP contribution in [0.5, 0.6) is 11.5 Å². The first-order chi connectivity index (χ1) is 14.1. The fourth-order valence-corrected chi connectivity index (χ4v) is 3.01. The van der Waals surface area contributed by atoms with Gasteiger partial charge in [0.25, 0.3) is 0 Å². The third-order valence-electron chi connectivity index (χ3n) is 4.33. The fourth-order valence-electron chi connectivity index (χ4n) is 2.88. The highest BCUT2D eigenvalue weighted by atomic mass is 35.5. The van der Waals surface area contributed by atoms with Gasteiger partial charge in [-0.15, -0.1) is 0 Å². The van der Waals surface area contributed by atoms with Crippen LogP contribution in [0.4, 0.5) is 5.82 Å². The van der Waals surface area contributed by atoms with E-state index in [0.29, 0.717) is 22.2 Å². The quantitative estimate of drug-likeness (QED) is 0.357. The van der Waals surface area contributed by atoms with Gasteiger partial charge in [0.15, 0.2) is 23.0 Å². The van der Waals surface area contributed by atoms with Crippen LogP contribution in [0.25, 0.3) is 22.2 Å². The monoisotopic (exact) mass is 404 g/mol. The summed E-state index contributed by atoms with van der Waals surface area (Å²) in [4.78, 5) is 8.94. The largest absolute Gasteiger partial charge is 0.504 e. The average molecular weight is 405 g/mol. The van der Waals surface area contributed by atoms with Crippen molar-refractivity contribution in [3.05, 3.63) is 77.4 Å². The Morgan fingerprint density at radius 2 is 1.93 bits per heavy atom. The van der Waals surface area contributed by atoms with E-state index < -0.39 is 0 Å². The standard InChI is InChI=1S/C22H17ClN4O2/c1-29-20-11-14(4-9-19(20)28)13-25-27-22-18(15-5-7-17(23)8-6-15)12-16-3-2-10-24-21(16)26-22/h2-13,28H,1H3,(H,24,26,27)/b25-13+. The van der Waals surface area contributed by atoms with Crippen LogP contribution in [-0.2, 0) is 0 Å². The van der Waals surface area contributed by atoms with Gasteiger partial charge in [-0.05, 0) is 59.7 Å². The molecule has 0 fully saturated rings. The van der Waals surface area contributed by atoms with Gasteiger partial charge in [-0.1, -0.05) is 23.7 Å². The van der Waals surface area contributed by atoms with Crippen LogP contribution in [0.3, 0.4) is 0 Å². The van der Waals surface area contributed by atoms with Gasteiger partial charge in [-0.3, -0.25) is 5.43 Å². The van der Waals surface area contributed by atoms with Crippen molar-refractivity contribution < 1.29 is 9.84 Å². The van der Waals surface area contributed by atoms with Crippen LogP contribution < -0.4 is 10.2 Å². The minimum Gasteiger partial charge on any atom is -0.504 e. The first kappa shape index (κ1) is 18.7. The van der Waals surface area contributed by atoms with E-state index in [1.54, 1.807) is 30.6 Å². The minimum absolute atomic E-state index is 0.0740. The highest BCUT2D eigenvalue weighted by Gasteiger charge is 2.10. The molecule has 4 rings (SSSR count). The Morgan fingerprint density at radius 3 is 2.72 bits per heavy atom. The predicted octanol–water partition coefficient (Wildman–Crippen LogP) is 5.11. The van der Waals surface area contributed by atoms with Gasteiger partial charge >= 0.3 is 0 Å². The van der Waals surface area contributed by atoms with Crippen molar-refractivity contribution in [2.75, 3.05) is 12.5 Å². The second-order valence-electron chi connectivity index (χ2n) is 6.24. The van der Waals surface area contributed by atoms with Crippen LogP contribution in [0, 0.1) is 0 Å². The summed E-state index contributed by atoms with van der Waals surface area (Å²) in [5.74, 6) is 1.02. The Balaban J connectivity index is 1.70. The van der Waals surface area contributed by atoms with Crippen molar-refractivity contribution in [3.8, 4) is 22.6 Å². The lowest BCUT2D eigenvalue weighted by Gasteiger charge is -2.10. The summed E-state index contributed by atoms with van der Waals surface area (Å²) in [6.45, 7) is 0.